The highest BCUT2D eigenvalue weighted by Crippen LogP contribution is 2.35. The lowest BCUT2D eigenvalue weighted by atomic mass is 10.0. The van der Waals surface area contributed by atoms with Gasteiger partial charge in [-0.1, -0.05) is 24.3 Å². The topological polar surface area (TPSA) is 110 Å². The molecule has 0 aromatic heterocycles. The first-order valence-corrected chi connectivity index (χ1v) is 11.5. The molecule has 0 spiro atoms. The van der Waals surface area contributed by atoms with Crippen LogP contribution in [0.15, 0.2) is 84.9 Å². The molecule has 12 heteroatoms. The summed E-state index contributed by atoms with van der Waals surface area (Å²) >= 11 is 0. The number of benzene rings is 4. The molecule has 0 saturated heterocycles. The Morgan fingerprint density at radius 1 is 0.575 bits per heavy atom. The minimum atomic E-state index is -4.77. The summed E-state index contributed by atoms with van der Waals surface area (Å²) in [5, 5.41) is 4.94. The van der Waals surface area contributed by atoms with Gasteiger partial charge in [0.2, 0.25) is 0 Å². The van der Waals surface area contributed by atoms with Crippen LogP contribution in [0.25, 0.3) is 11.1 Å². The van der Waals surface area contributed by atoms with Gasteiger partial charge in [-0.2, -0.15) is 26.3 Å². The maximum Gasteiger partial charge on any atom is 0.418 e. The fourth-order valence-corrected chi connectivity index (χ4v) is 3.83. The standard InChI is InChI=1S/C28H20F6N4O2/c29-27(30,31)22-14-18(35)6-11-21(22)26(40)38-20-9-3-16(4-10-20)15-1-7-19(8-2-15)37-25(39)17-5-12-24(36)23(13-17)28(32,33)34/h1-14H,35-36H2,(H,37,39)(H,38,40). The fourth-order valence-electron chi connectivity index (χ4n) is 3.83. The molecule has 4 aromatic rings. The molecule has 0 atom stereocenters. The van der Waals surface area contributed by atoms with Crippen LogP contribution in [0.1, 0.15) is 31.8 Å². The van der Waals surface area contributed by atoms with Crippen molar-refractivity contribution in [3.05, 3.63) is 107 Å². The van der Waals surface area contributed by atoms with E-state index < -0.39 is 46.5 Å². The molecule has 4 rings (SSSR count). The number of hydrogen-bond acceptors (Lipinski definition) is 4. The number of nitrogens with one attached hydrogen (secondary N) is 2. The number of anilines is 4. The van der Waals surface area contributed by atoms with Gasteiger partial charge < -0.3 is 22.1 Å². The number of hydrogen-bond donors (Lipinski definition) is 4. The van der Waals surface area contributed by atoms with Crippen LogP contribution in [-0.4, -0.2) is 11.8 Å². The predicted octanol–water partition coefficient (Wildman–Crippen LogP) is 7.06. The Morgan fingerprint density at radius 2 is 1.07 bits per heavy atom. The summed E-state index contributed by atoms with van der Waals surface area (Å²) in [4.78, 5) is 25.0. The lowest BCUT2D eigenvalue weighted by Gasteiger charge is -2.14. The number of carbonyl (C=O) groups is 2. The van der Waals surface area contributed by atoms with Gasteiger partial charge in [-0.05, 0) is 71.8 Å². The van der Waals surface area contributed by atoms with Crippen molar-refractivity contribution in [2.45, 2.75) is 12.4 Å². The first-order chi connectivity index (χ1) is 18.7. The second kappa shape index (κ2) is 10.6. The summed E-state index contributed by atoms with van der Waals surface area (Å²) in [7, 11) is 0. The van der Waals surface area contributed by atoms with Gasteiger partial charge in [0.15, 0.2) is 0 Å². The lowest BCUT2D eigenvalue weighted by molar-refractivity contribution is -0.138. The molecule has 6 N–H and O–H groups in total. The Kier molecular flexibility index (Phi) is 7.45. The third kappa shape index (κ3) is 6.34. The van der Waals surface area contributed by atoms with Crippen molar-refractivity contribution < 1.29 is 35.9 Å². The number of nitrogen functional groups attached to an aromatic ring is 2. The fraction of sp³-hybridized carbons (Fsp3) is 0.0714. The molecule has 0 bridgehead atoms. The van der Waals surface area contributed by atoms with Crippen LogP contribution < -0.4 is 22.1 Å². The molecule has 2 amide bonds. The highest BCUT2D eigenvalue weighted by atomic mass is 19.4. The van der Waals surface area contributed by atoms with Gasteiger partial charge in [-0.25, -0.2) is 0 Å². The maximum atomic E-state index is 13.3. The maximum absolute atomic E-state index is 13.3. The second-order valence-electron chi connectivity index (χ2n) is 8.67. The van der Waals surface area contributed by atoms with E-state index in [1.165, 1.54) is 24.3 Å². The molecule has 0 radical (unpaired) electrons. The summed E-state index contributed by atoms with van der Waals surface area (Å²) in [5.74, 6) is -1.71. The zero-order valence-corrected chi connectivity index (χ0v) is 20.3. The molecule has 0 fully saturated rings. The normalized spacial score (nSPS) is 11.7. The molecule has 0 saturated carbocycles. The Labute approximate surface area is 223 Å². The van der Waals surface area contributed by atoms with Crippen LogP contribution in [-0.2, 0) is 12.4 Å². The summed E-state index contributed by atoms with van der Waals surface area (Å²) in [5.41, 5.74) is 9.11. The number of nitrogens with two attached hydrogens (primary N) is 2. The van der Waals surface area contributed by atoms with Crippen molar-refractivity contribution in [1.82, 2.24) is 0 Å². The highest BCUT2D eigenvalue weighted by molar-refractivity contribution is 6.06. The van der Waals surface area contributed by atoms with Gasteiger partial charge in [0, 0.05) is 28.3 Å². The highest BCUT2D eigenvalue weighted by Gasteiger charge is 2.35. The summed E-state index contributed by atoms with van der Waals surface area (Å²) in [6, 6.07) is 18.4. The van der Waals surface area contributed by atoms with Crippen molar-refractivity contribution in [2.75, 3.05) is 22.1 Å². The first kappa shape index (κ1) is 28.0. The van der Waals surface area contributed by atoms with Crippen molar-refractivity contribution in [2.24, 2.45) is 0 Å². The Hall–Kier alpha value is -5.00. The van der Waals surface area contributed by atoms with E-state index in [0.717, 1.165) is 12.1 Å². The predicted molar refractivity (Wildman–Crippen MR) is 139 cm³/mol. The molecule has 206 valence electrons. The molecule has 0 aliphatic carbocycles. The van der Waals surface area contributed by atoms with Crippen LogP contribution in [0.5, 0.6) is 0 Å². The van der Waals surface area contributed by atoms with Crippen LogP contribution in [0, 0.1) is 0 Å². The van der Waals surface area contributed by atoms with Crippen LogP contribution in [0.4, 0.5) is 49.1 Å². The molecule has 0 aliphatic heterocycles. The number of rotatable bonds is 5. The van der Waals surface area contributed by atoms with Gasteiger partial charge in [0.25, 0.3) is 11.8 Å². The van der Waals surface area contributed by atoms with Gasteiger partial charge in [-0.15, -0.1) is 0 Å². The van der Waals surface area contributed by atoms with Crippen molar-refractivity contribution in [3.8, 4) is 11.1 Å². The smallest absolute Gasteiger partial charge is 0.399 e. The molecular weight excluding hydrogens is 538 g/mol. The number of halogens is 6. The zero-order chi connectivity index (χ0) is 29.2. The Balaban J connectivity index is 1.44. The average molecular weight is 558 g/mol. The summed E-state index contributed by atoms with van der Waals surface area (Å²) < 4.78 is 79.2. The minimum Gasteiger partial charge on any atom is -0.399 e. The molecule has 6 nitrogen and oxygen atoms in total. The van der Waals surface area contributed by atoms with Gasteiger partial charge in [-0.3, -0.25) is 9.59 Å². The Morgan fingerprint density at radius 3 is 1.57 bits per heavy atom. The number of carbonyl (C=O) groups excluding carboxylic acids is 2. The van der Waals surface area contributed by atoms with Crippen LogP contribution in [0.3, 0.4) is 0 Å². The van der Waals surface area contributed by atoms with Gasteiger partial charge in [0.05, 0.1) is 16.7 Å². The van der Waals surface area contributed by atoms with E-state index in [1.807, 2.05) is 0 Å². The van der Waals surface area contributed by atoms with Crippen molar-refractivity contribution in [1.29, 1.82) is 0 Å². The monoisotopic (exact) mass is 558 g/mol. The summed E-state index contributed by atoms with van der Waals surface area (Å²) in [6.45, 7) is 0. The van der Waals surface area contributed by atoms with Gasteiger partial charge in [0.1, 0.15) is 0 Å². The SMILES string of the molecule is Nc1ccc(C(=O)Nc2ccc(-c3ccc(NC(=O)c4ccc(N)c(C(F)(F)F)c4)cc3)cc2)c(C(F)(F)F)c1. The molecule has 4 aromatic carbocycles. The van der Waals surface area contributed by atoms with E-state index in [2.05, 4.69) is 10.6 Å². The molecule has 40 heavy (non-hydrogen) atoms. The van der Waals surface area contributed by atoms with Crippen LogP contribution in [0.2, 0.25) is 0 Å². The second-order valence-corrected chi connectivity index (χ2v) is 8.67. The summed E-state index contributed by atoms with van der Waals surface area (Å²) in [6.07, 6.45) is -9.47. The van der Waals surface area contributed by atoms with E-state index in [0.29, 0.717) is 28.9 Å². The first-order valence-electron chi connectivity index (χ1n) is 11.5. The number of amides is 2. The van der Waals surface area contributed by atoms with E-state index >= 15 is 0 Å². The third-order valence-electron chi connectivity index (χ3n) is 5.83. The minimum absolute atomic E-state index is 0.125. The van der Waals surface area contributed by atoms with E-state index in [-0.39, 0.29) is 16.9 Å². The average Bonchev–Trinajstić information content (AvgIpc) is 2.88. The van der Waals surface area contributed by atoms with Crippen molar-refractivity contribution >= 4 is 34.6 Å². The molecule has 0 heterocycles. The van der Waals surface area contributed by atoms with Crippen molar-refractivity contribution in [3.63, 3.8) is 0 Å². The molecule has 0 unspecified atom stereocenters. The van der Waals surface area contributed by atoms with E-state index in [9.17, 15) is 35.9 Å². The quantitative estimate of drug-likeness (QED) is 0.155. The lowest BCUT2D eigenvalue weighted by Crippen LogP contribution is -2.19. The number of alkyl halides is 6. The molecule has 0 aliphatic rings. The Bertz CT molecular complexity index is 1560. The zero-order valence-electron chi connectivity index (χ0n) is 20.3. The largest absolute Gasteiger partial charge is 0.418 e. The molecular formula is C28H20F6N4O2. The third-order valence-corrected chi connectivity index (χ3v) is 5.83. The van der Waals surface area contributed by atoms with E-state index in [4.69, 9.17) is 11.5 Å². The van der Waals surface area contributed by atoms with Gasteiger partial charge >= 0.3 is 12.4 Å². The van der Waals surface area contributed by atoms with Crippen LogP contribution >= 0.6 is 0 Å². The van der Waals surface area contributed by atoms with E-state index in [1.54, 1.807) is 36.4 Å².